The molecule has 1 aromatic heterocycles. The highest BCUT2D eigenvalue weighted by Crippen LogP contribution is 2.44. The van der Waals surface area contributed by atoms with E-state index in [4.69, 9.17) is 15.4 Å². The lowest BCUT2D eigenvalue weighted by atomic mass is 9.86. The highest BCUT2D eigenvalue weighted by atomic mass is 16.3. The van der Waals surface area contributed by atoms with Gasteiger partial charge in [-0.25, -0.2) is 0 Å². The van der Waals surface area contributed by atoms with Gasteiger partial charge in [-0.15, -0.1) is 0 Å². The number of hydrogen-bond donors (Lipinski definition) is 0. The summed E-state index contributed by atoms with van der Waals surface area (Å²) in [5, 5.41) is 5.06. The SMILES string of the molecule is [2H]c1c([2H])c([2H])c2c(-c3ccc(-c4ccc5oc6ccc7ccccc7c6c5c4)cc3)c3c([2H])c([2H])c([2H])c([2H])c3c(-c3ccccc3)c2c1[2H]. The molecule has 0 aliphatic carbocycles. The molecule has 0 aliphatic heterocycles. The van der Waals surface area contributed by atoms with E-state index in [1.54, 1.807) is 24.3 Å². The molecule has 0 spiro atoms. The topological polar surface area (TPSA) is 13.1 Å². The summed E-state index contributed by atoms with van der Waals surface area (Å²) in [6, 6.07) is 32.1. The maximum absolute atomic E-state index is 9.14. The van der Waals surface area contributed by atoms with Crippen LogP contribution in [0, 0.1) is 0 Å². The van der Waals surface area contributed by atoms with E-state index in [0.717, 1.165) is 43.8 Å². The molecule has 8 aromatic carbocycles. The fraction of sp³-hybridized carbons (Fsp3) is 0. The Bertz CT molecular complexity index is 2850. The largest absolute Gasteiger partial charge is 0.456 e. The van der Waals surface area contributed by atoms with Crippen LogP contribution >= 0.6 is 0 Å². The highest BCUT2D eigenvalue weighted by molar-refractivity contribution is 6.22. The van der Waals surface area contributed by atoms with Gasteiger partial charge >= 0.3 is 0 Å². The maximum Gasteiger partial charge on any atom is 0.136 e. The van der Waals surface area contributed by atoms with E-state index in [-0.39, 0.29) is 45.7 Å². The Morgan fingerprint density at radius 3 is 1.60 bits per heavy atom. The van der Waals surface area contributed by atoms with Gasteiger partial charge in [-0.05, 0) is 83.9 Å². The van der Waals surface area contributed by atoms with Crippen LogP contribution in [-0.4, -0.2) is 0 Å². The van der Waals surface area contributed by atoms with E-state index in [0.29, 0.717) is 22.3 Å². The second kappa shape index (κ2) is 9.44. The van der Waals surface area contributed by atoms with Crippen LogP contribution in [0.4, 0.5) is 0 Å². The van der Waals surface area contributed by atoms with E-state index in [9.17, 15) is 0 Å². The predicted octanol–water partition coefficient (Wildman–Crippen LogP) is 12.0. The summed E-state index contributed by atoms with van der Waals surface area (Å²) >= 11 is 0. The highest BCUT2D eigenvalue weighted by Gasteiger charge is 2.17. The molecule has 0 saturated carbocycles. The van der Waals surface area contributed by atoms with Gasteiger partial charge in [0.1, 0.15) is 11.2 Å². The van der Waals surface area contributed by atoms with Crippen molar-refractivity contribution in [2.24, 2.45) is 0 Å². The molecule has 0 bridgehead atoms. The van der Waals surface area contributed by atoms with Crippen molar-refractivity contribution in [1.29, 1.82) is 0 Å². The molecule has 0 aliphatic rings. The summed E-state index contributed by atoms with van der Waals surface area (Å²) < 4.78 is 77.1. The average Bonchev–Trinajstić information content (AvgIpc) is 3.55. The lowest BCUT2D eigenvalue weighted by molar-refractivity contribution is 0.669. The van der Waals surface area contributed by atoms with Crippen LogP contribution in [0.15, 0.2) is 162 Å². The second-order valence-electron chi connectivity index (χ2n) is 10.7. The van der Waals surface area contributed by atoms with Gasteiger partial charge in [0, 0.05) is 10.8 Å². The zero-order valence-corrected chi connectivity index (χ0v) is 22.8. The van der Waals surface area contributed by atoms with Crippen molar-refractivity contribution < 1.29 is 15.4 Å². The Morgan fingerprint density at radius 1 is 0.395 bits per heavy atom. The first-order chi connectivity index (χ1) is 24.7. The standard InChI is InChI=1S/C42H26O/c1-2-11-29(12-3-1)40-33-14-6-8-16-35(33)41(36-17-9-7-15-34(36)40)30-20-18-27(19-21-30)31-23-24-38-37(26-31)42-32-13-5-4-10-28(32)22-25-39(42)43-38/h1-26H/i6D,7D,8D,9D,14D,15D,16D,17D. The number of rotatable bonds is 3. The Kier molecular flexibility index (Phi) is 3.80. The zero-order valence-electron chi connectivity index (χ0n) is 30.8. The van der Waals surface area contributed by atoms with E-state index in [1.165, 1.54) is 0 Å². The second-order valence-corrected chi connectivity index (χ2v) is 10.7. The normalized spacial score (nSPS) is 14.3. The van der Waals surface area contributed by atoms with Gasteiger partial charge < -0.3 is 4.42 Å². The van der Waals surface area contributed by atoms with Crippen molar-refractivity contribution in [3.63, 3.8) is 0 Å². The summed E-state index contributed by atoms with van der Waals surface area (Å²) in [6.45, 7) is 0. The molecule has 0 saturated heterocycles. The molecule has 9 rings (SSSR count). The van der Waals surface area contributed by atoms with Gasteiger partial charge in [0.2, 0.25) is 0 Å². The van der Waals surface area contributed by atoms with Gasteiger partial charge in [-0.2, -0.15) is 0 Å². The Hall–Kier alpha value is -5.66. The van der Waals surface area contributed by atoms with Gasteiger partial charge in [0.25, 0.3) is 0 Å². The van der Waals surface area contributed by atoms with Crippen molar-refractivity contribution in [3.8, 4) is 33.4 Å². The number of furan rings is 1. The van der Waals surface area contributed by atoms with Gasteiger partial charge in [0.05, 0.1) is 11.0 Å². The molecule has 0 amide bonds. The predicted molar refractivity (Wildman–Crippen MR) is 183 cm³/mol. The molecule has 0 atom stereocenters. The Morgan fingerprint density at radius 2 is 0.930 bits per heavy atom. The van der Waals surface area contributed by atoms with E-state index >= 15 is 0 Å². The van der Waals surface area contributed by atoms with Crippen LogP contribution in [0.2, 0.25) is 0 Å². The van der Waals surface area contributed by atoms with Crippen LogP contribution in [-0.2, 0) is 0 Å². The van der Waals surface area contributed by atoms with Crippen molar-refractivity contribution in [2.75, 3.05) is 0 Å². The Labute approximate surface area is 260 Å². The molecule has 0 fully saturated rings. The molecular weight excluding hydrogens is 520 g/mol. The third-order valence-corrected chi connectivity index (χ3v) is 8.30. The first kappa shape index (κ1) is 17.3. The van der Waals surface area contributed by atoms with E-state index < -0.39 is 24.2 Å². The van der Waals surface area contributed by atoms with Crippen LogP contribution in [0.1, 0.15) is 11.0 Å². The van der Waals surface area contributed by atoms with E-state index in [1.807, 2.05) is 60.7 Å². The molecule has 9 aromatic rings. The first-order valence-corrected chi connectivity index (χ1v) is 14.1. The first-order valence-electron chi connectivity index (χ1n) is 18.1. The monoisotopic (exact) mass is 554 g/mol. The minimum absolute atomic E-state index is 0.197. The summed E-state index contributed by atoms with van der Waals surface area (Å²) in [5.74, 6) is 0. The quantitative estimate of drug-likeness (QED) is 0.198. The minimum atomic E-state index is -0.419. The van der Waals surface area contributed by atoms with Crippen molar-refractivity contribution in [2.45, 2.75) is 0 Å². The third-order valence-electron chi connectivity index (χ3n) is 8.30. The molecule has 0 unspecified atom stereocenters. The van der Waals surface area contributed by atoms with Crippen LogP contribution in [0.25, 0.3) is 87.6 Å². The molecule has 200 valence electrons. The summed E-state index contributed by atoms with van der Waals surface area (Å²) in [5.41, 5.74) is 5.24. The van der Waals surface area contributed by atoms with Crippen LogP contribution in [0.3, 0.4) is 0 Å². The van der Waals surface area contributed by atoms with Crippen molar-refractivity contribution in [3.05, 3.63) is 158 Å². The molecule has 1 heteroatoms. The molecule has 0 N–H and O–H groups in total. The summed E-state index contributed by atoms with van der Waals surface area (Å²) in [6.07, 6.45) is 0. The average molecular weight is 555 g/mol. The van der Waals surface area contributed by atoms with Gasteiger partial charge in [-0.1, -0.05) is 139 Å². The number of fused-ring (bicyclic) bond motifs is 7. The summed E-state index contributed by atoms with van der Waals surface area (Å²) in [4.78, 5) is 0. The number of hydrogen-bond acceptors (Lipinski definition) is 1. The summed E-state index contributed by atoms with van der Waals surface area (Å²) in [7, 11) is 0. The Balaban J connectivity index is 1.34. The zero-order chi connectivity index (χ0) is 35.3. The molecule has 0 radical (unpaired) electrons. The third kappa shape index (κ3) is 3.72. The fourth-order valence-corrected chi connectivity index (χ4v) is 6.36. The van der Waals surface area contributed by atoms with Crippen molar-refractivity contribution in [1.82, 2.24) is 0 Å². The smallest absolute Gasteiger partial charge is 0.136 e. The molecule has 1 nitrogen and oxygen atoms in total. The molecular formula is C42H26O. The maximum atomic E-state index is 9.14. The number of benzene rings is 8. The van der Waals surface area contributed by atoms with E-state index in [2.05, 4.69) is 24.3 Å². The molecule has 43 heavy (non-hydrogen) atoms. The molecule has 1 heterocycles. The van der Waals surface area contributed by atoms with Gasteiger partial charge in [0.15, 0.2) is 0 Å². The fourth-order valence-electron chi connectivity index (χ4n) is 6.36. The van der Waals surface area contributed by atoms with Gasteiger partial charge in [-0.3, -0.25) is 0 Å². The van der Waals surface area contributed by atoms with Crippen molar-refractivity contribution >= 4 is 54.3 Å². The van der Waals surface area contributed by atoms with Crippen LogP contribution in [0.5, 0.6) is 0 Å². The lowest BCUT2D eigenvalue weighted by Crippen LogP contribution is -1.90. The lowest BCUT2D eigenvalue weighted by Gasteiger charge is -2.18. The minimum Gasteiger partial charge on any atom is -0.456 e. The van der Waals surface area contributed by atoms with Crippen LogP contribution < -0.4 is 0 Å².